The Morgan fingerprint density at radius 2 is 2.25 bits per heavy atom. The zero-order chi connectivity index (χ0) is 14.2. The van der Waals surface area contributed by atoms with Crippen LogP contribution in [0, 0.1) is 6.92 Å². The molecule has 0 bridgehead atoms. The predicted octanol–water partition coefficient (Wildman–Crippen LogP) is 3.30. The van der Waals surface area contributed by atoms with Gasteiger partial charge in [0.25, 0.3) is 0 Å². The summed E-state index contributed by atoms with van der Waals surface area (Å²) in [4.78, 5) is 5.01. The van der Waals surface area contributed by atoms with Crippen LogP contribution in [-0.4, -0.2) is 22.6 Å². The Morgan fingerprint density at radius 1 is 1.40 bits per heavy atom. The molecule has 1 atom stereocenters. The van der Waals surface area contributed by atoms with E-state index in [2.05, 4.69) is 49.0 Å². The van der Waals surface area contributed by atoms with Gasteiger partial charge in [0, 0.05) is 19.0 Å². The van der Waals surface area contributed by atoms with Gasteiger partial charge in [-0.1, -0.05) is 19.4 Å². The van der Waals surface area contributed by atoms with Crippen LogP contribution in [-0.2, 0) is 12.5 Å². The van der Waals surface area contributed by atoms with Crippen molar-refractivity contribution in [3.05, 3.63) is 29.6 Å². The molecule has 3 nitrogen and oxygen atoms in total. The van der Waals surface area contributed by atoms with E-state index in [9.17, 15) is 0 Å². The third kappa shape index (κ3) is 2.14. The molecule has 1 fully saturated rings. The SMILES string of the molecule is CCCC1(c2nc3cc(C)ccc3n2C)CCCNC1. The second-order valence-electron chi connectivity index (χ2n) is 6.30. The number of hydrogen-bond acceptors (Lipinski definition) is 2. The summed E-state index contributed by atoms with van der Waals surface area (Å²) in [6, 6.07) is 6.59. The minimum atomic E-state index is 0.217. The Bertz CT molecular complexity index is 600. The van der Waals surface area contributed by atoms with E-state index in [0.29, 0.717) is 0 Å². The molecule has 0 saturated carbocycles. The van der Waals surface area contributed by atoms with Crippen LogP contribution in [0.25, 0.3) is 11.0 Å². The van der Waals surface area contributed by atoms with E-state index in [0.717, 1.165) is 18.6 Å². The van der Waals surface area contributed by atoms with Crippen LogP contribution < -0.4 is 5.32 Å². The first-order valence-corrected chi connectivity index (χ1v) is 7.80. The highest BCUT2D eigenvalue weighted by atomic mass is 15.1. The standard InChI is InChI=1S/C17H25N3/c1-4-8-17(9-5-10-18-12-17)16-19-14-11-13(2)6-7-15(14)20(16)3/h6-7,11,18H,4-5,8-10,12H2,1-3H3. The smallest absolute Gasteiger partial charge is 0.117 e. The molecule has 1 saturated heterocycles. The summed E-state index contributed by atoms with van der Waals surface area (Å²) < 4.78 is 2.32. The Morgan fingerprint density at radius 3 is 2.95 bits per heavy atom. The summed E-state index contributed by atoms with van der Waals surface area (Å²) in [5.74, 6) is 1.27. The van der Waals surface area contributed by atoms with Crippen LogP contribution in [0.3, 0.4) is 0 Å². The lowest BCUT2D eigenvalue weighted by atomic mass is 9.76. The first-order valence-electron chi connectivity index (χ1n) is 7.80. The zero-order valence-electron chi connectivity index (χ0n) is 12.9. The lowest BCUT2D eigenvalue weighted by molar-refractivity contribution is 0.271. The summed E-state index contributed by atoms with van der Waals surface area (Å²) in [6.07, 6.45) is 4.94. The molecule has 1 aliphatic heterocycles. The van der Waals surface area contributed by atoms with E-state index in [-0.39, 0.29) is 5.41 Å². The van der Waals surface area contributed by atoms with Crippen molar-refractivity contribution >= 4 is 11.0 Å². The summed E-state index contributed by atoms with van der Waals surface area (Å²) >= 11 is 0. The number of aryl methyl sites for hydroxylation is 2. The molecule has 0 radical (unpaired) electrons. The average molecular weight is 271 g/mol. The molecule has 20 heavy (non-hydrogen) atoms. The van der Waals surface area contributed by atoms with Gasteiger partial charge in [-0.15, -0.1) is 0 Å². The Labute approximate surface area is 121 Å². The number of hydrogen-bond donors (Lipinski definition) is 1. The summed E-state index contributed by atoms with van der Waals surface area (Å²) in [6.45, 7) is 6.63. The van der Waals surface area contributed by atoms with Crippen molar-refractivity contribution in [1.29, 1.82) is 0 Å². The van der Waals surface area contributed by atoms with Gasteiger partial charge in [-0.05, 0) is 50.4 Å². The largest absolute Gasteiger partial charge is 0.331 e. The van der Waals surface area contributed by atoms with Crippen molar-refractivity contribution in [2.75, 3.05) is 13.1 Å². The van der Waals surface area contributed by atoms with Crippen molar-refractivity contribution in [2.45, 2.75) is 44.9 Å². The van der Waals surface area contributed by atoms with Crippen molar-refractivity contribution in [3.8, 4) is 0 Å². The minimum Gasteiger partial charge on any atom is -0.331 e. The van der Waals surface area contributed by atoms with Crippen molar-refractivity contribution in [2.24, 2.45) is 7.05 Å². The second-order valence-corrected chi connectivity index (χ2v) is 6.30. The van der Waals surface area contributed by atoms with Gasteiger partial charge in [0.05, 0.1) is 11.0 Å². The molecule has 1 aliphatic rings. The molecular formula is C17H25N3. The van der Waals surface area contributed by atoms with Crippen LogP contribution in [0.15, 0.2) is 18.2 Å². The highest BCUT2D eigenvalue weighted by Crippen LogP contribution is 2.36. The molecule has 1 aromatic heterocycles. The third-order valence-corrected chi connectivity index (χ3v) is 4.71. The fourth-order valence-corrected chi connectivity index (χ4v) is 3.75. The number of nitrogens with zero attached hydrogens (tertiary/aromatic N) is 2. The normalized spacial score (nSPS) is 23.4. The van der Waals surface area contributed by atoms with Crippen LogP contribution in [0.5, 0.6) is 0 Å². The summed E-state index contributed by atoms with van der Waals surface area (Å²) in [5, 5.41) is 3.59. The molecule has 3 heteroatoms. The molecular weight excluding hydrogens is 246 g/mol. The third-order valence-electron chi connectivity index (χ3n) is 4.71. The van der Waals surface area contributed by atoms with Gasteiger partial charge in [-0.3, -0.25) is 0 Å². The average Bonchev–Trinajstić information content (AvgIpc) is 2.77. The molecule has 2 heterocycles. The number of nitrogens with one attached hydrogen (secondary N) is 1. The van der Waals surface area contributed by atoms with Gasteiger partial charge >= 0.3 is 0 Å². The van der Waals surface area contributed by atoms with Crippen LogP contribution in [0.2, 0.25) is 0 Å². The maximum atomic E-state index is 5.01. The highest BCUT2D eigenvalue weighted by Gasteiger charge is 2.37. The fourth-order valence-electron chi connectivity index (χ4n) is 3.75. The van der Waals surface area contributed by atoms with Gasteiger partial charge in [0.2, 0.25) is 0 Å². The van der Waals surface area contributed by atoms with Crippen molar-refractivity contribution in [1.82, 2.24) is 14.9 Å². The van der Waals surface area contributed by atoms with Crippen LogP contribution >= 0.6 is 0 Å². The predicted molar refractivity (Wildman–Crippen MR) is 84.1 cm³/mol. The van der Waals surface area contributed by atoms with E-state index >= 15 is 0 Å². The van der Waals surface area contributed by atoms with Crippen molar-refractivity contribution < 1.29 is 0 Å². The maximum absolute atomic E-state index is 5.01. The Kier molecular flexibility index (Phi) is 3.55. The van der Waals surface area contributed by atoms with E-state index in [4.69, 9.17) is 4.98 Å². The fraction of sp³-hybridized carbons (Fsp3) is 0.588. The Hall–Kier alpha value is -1.35. The monoisotopic (exact) mass is 271 g/mol. The molecule has 0 aliphatic carbocycles. The number of rotatable bonds is 3. The first-order chi connectivity index (χ1) is 9.66. The number of benzene rings is 1. The molecule has 1 aromatic carbocycles. The molecule has 3 rings (SSSR count). The molecule has 108 valence electrons. The van der Waals surface area contributed by atoms with Crippen molar-refractivity contribution in [3.63, 3.8) is 0 Å². The molecule has 1 unspecified atom stereocenters. The molecule has 2 aromatic rings. The van der Waals surface area contributed by atoms with Gasteiger partial charge in [-0.25, -0.2) is 4.98 Å². The first kappa shape index (κ1) is 13.6. The van der Waals surface area contributed by atoms with E-state index in [1.807, 2.05) is 0 Å². The van der Waals surface area contributed by atoms with Gasteiger partial charge in [-0.2, -0.15) is 0 Å². The van der Waals surface area contributed by atoms with Crippen LogP contribution in [0.1, 0.15) is 44.0 Å². The molecule has 0 spiro atoms. The highest BCUT2D eigenvalue weighted by molar-refractivity contribution is 5.77. The summed E-state index contributed by atoms with van der Waals surface area (Å²) in [7, 11) is 2.17. The van der Waals surface area contributed by atoms with E-state index < -0.39 is 0 Å². The van der Waals surface area contributed by atoms with E-state index in [1.165, 1.54) is 42.6 Å². The van der Waals surface area contributed by atoms with Gasteiger partial charge in [0.15, 0.2) is 0 Å². The summed E-state index contributed by atoms with van der Waals surface area (Å²) in [5.41, 5.74) is 3.90. The van der Waals surface area contributed by atoms with Crippen LogP contribution in [0.4, 0.5) is 0 Å². The quantitative estimate of drug-likeness (QED) is 0.928. The maximum Gasteiger partial charge on any atom is 0.117 e. The minimum absolute atomic E-state index is 0.217. The van der Waals surface area contributed by atoms with Gasteiger partial charge in [0.1, 0.15) is 5.82 Å². The van der Waals surface area contributed by atoms with Gasteiger partial charge < -0.3 is 9.88 Å². The second kappa shape index (κ2) is 5.21. The topological polar surface area (TPSA) is 29.9 Å². The van der Waals surface area contributed by atoms with E-state index in [1.54, 1.807) is 0 Å². The zero-order valence-corrected chi connectivity index (χ0v) is 12.9. The number of piperidine rings is 1. The lowest BCUT2D eigenvalue weighted by Crippen LogP contribution is -2.44. The number of aromatic nitrogens is 2. The Balaban J connectivity index is 2.13. The lowest BCUT2D eigenvalue weighted by Gasteiger charge is -2.37. The number of imidazole rings is 1. The molecule has 0 amide bonds. The molecule has 1 N–H and O–H groups in total. The number of fused-ring (bicyclic) bond motifs is 1.